The number of carbonyl (C=O) groups is 1. The van der Waals surface area contributed by atoms with Crippen molar-refractivity contribution in [2.45, 2.75) is 12.8 Å². The molecule has 5 nitrogen and oxygen atoms in total. The molecule has 0 aliphatic carbocycles. The molecule has 0 N–H and O–H groups in total. The maximum atomic E-state index is 11.2. The smallest absolute Gasteiger partial charge is 0.194 e. The second kappa shape index (κ2) is 3.77. The van der Waals surface area contributed by atoms with Crippen LogP contribution in [0.25, 0.3) is 0 Å². The van der Waals surface area contributed by atoms with E-state index >= 15 is 0 Å². The number of sulfone groups is 1. The molecule has 1 saturated heterocycles. The van der Waals surface area contributed by atoms with Crippen molar-refractivity contribution in [3.05, 3.63) is 17.8 Å². The molecular weight excluding hydrogens is 218 g/mol. The molecule has 1 aromatic heterocycles. The number of hydrogen-bond acceptors (Lipinski definition) is 5. The molecule has 1 aliphatic rings. The van der Waals surface area contributed by atoms with Crippen molar-refractivity contribution in [3.63, 3.8) is 0 Å². The average molecular weight is 229 g/mol. The molecule has 0 bridgehead atoms. The van der Waals surface area contributed by atoms with E-state index in [4.69, 9.17) is 4.42 Å². The van der Waals surface area contributed by atoms with Gasteiger partial charge in [-0.25, -0.2) is 13.4 Å². The Balaban J connectivity index is 2.01. The summed E-state index contributed by atoms with van der Waals surface area (Å²) in [4.78, 5) is 14.3. The number of nitrogens with zero attached hydrogens (tertiary/aromatic N) is 1. The van der Waals surface area contributed by atoms with Gasteiger partial charge in [0.2, 0.25) is 0 Å². The Morgan fingerprint density at radius 1 is 1.60 bits per heavy atom. The van der Waals surface area contributed by atoms with Crippen molar-refractivity contribution >= 4 is 16.1 Å². The lowest BCUT2D eigenvalue weighted by Gasteiger charge is -2.01. The number of oxazole rings is 1. The monoisotopic (exact) mass is 229 g/mol. The zero-order chi connectivity index (χ0) is 10.9. The molecular formula is C9H11NO4S. The molecule has 0 spiro atoms. The minimum atomic E-state index is -2.85. The van der Waals surface area contributed by atoms with Crippen LogP contribution in [-0.4, -0.2) is 31.2 Å². The lowest BCUT2D eigenvalue weighted by atomic mass is 10.1. The van der Waals surface area contributed by atoms with Crippen LogP contribution in [0.15, 0.2) is 10.7 Å². The Morgan fingerprint density at radius 3 is 2.93 bits per heavy atom. The first-order valence-corrected chi connectivity index (χ1v) is 6.51. The van der Waals surface area contributed by atoms with Crippen LogP contribution in [0.1, 0.15) is 22.8 Å². The lowest BCUT2D eigenvalue weighted by Crippen LogP contribution is -2.07. The first-order valence-electron chi connectivity index (χ1n) is 4.69. The number of rotatable bonds is 3. The topological polar surface area (TPSA) is 77.2 Å². The second-order valence-corrected chi connectivity index (χ2v) is 5.99. The largest absolute Gasteiger partial charge is 0.448 e. The molecule has 82 valence electrons. The van der Waals surface area contributed by atoms with Crippen LogP contribution in [0.5, 0.6) is 0 Å². The maximum absolute atomic E-state index is 11.2. The van der Waals surface area contributed by atoms with Crippen molar-refractivity contribution in [1.82, 2.24) is 4.98 Å². The molecule has 1 aliphatic heterocycles. The molecule has 0 saturated carbocycles. The number of aromatic nitrogens is 1. The van der Waals surface area contributed by atoms with Crippen molar-refractivity contribution in [3.8, 4) is 0 Å². The molecule has 1 unspecified atom stereocenters. The van der Waals surface area contributed by atoms with E-state index < -0.39 is 9.84 Å². The van der Waals surface area contributed by atoms with Crippen LogP contribution in [0.2, 0.25) is 0 Å². The van der Waals surface area contributed by atoms with E-state index in [0.29, 0.717) is 25.0 Å². The van der Waals surface area contributed by atoms with E-state index in [1.165, 1.54) is 6.26 Å². The molecule has 1 fully saturated rings. The summed E-state index contributed by atoms with van der Waals surface area (Å²) in [5.74, 6) is 0.970. The molecule has 2 rings (SSSR count). The summed E-state index contributed by atoms with van der Waals surface area (Å²) in [6.07, 6.45) is 3.04. The van der Waals surface area contributed by atoms with Crippen molar-refractivity contribution in [2.75, 3.05) is 11.5 Å². The molecule has 6 heteroatoms. The van der Waals surface area contributed by atoms with Gasteiger partial charge < -0.3 is 4.42 Å². The molecule has 0 aromatic carbocycles. The van der Waals surface area contributed by atoms with E-state index in [1.807, 2.05) is 0 Å². The third-order valence-electron chi connectivity index (χ3n) is 2.48. The fraction of sp³-hybridized carbons (Fsp3) is 0.556. The Hall–Kier alpha value is -1.17. The lowest BCUT2D eigenvalue weighted by molar-refractivity contribution is 0.111. The number of hydrogen-bond donors (Lipinski definition) is 0. The summed E-state index contributed by atoms with van der Waals surface area (Å²) in [5.41, 5.74) is 0.255. The summed E-state index contributed by atoms with van der Waals surface area (Å²) in [6.45, 7) is 0. The van der Waals surface area contributed by atoms with Gasteiger partial charge in [0, 0.05) is 6.42 Å². The normalized spacial score (nSPS) is 24.1. The van der Waals surface area contributed by atoms with Crippen molar-refractivity contribution in [1.29, 1.82) is 0 Å². The van der Waals surface area contributed by atoms with E-state index in [2.05, 4.69) is 4.98 Å². The summed E-state index contributed by atoms with van der Waals surface area (Å²) in [6, 6.07) is 0. The van der Waals surface area contributed by atoms with Gasteiger partial charge in [0.05, 0.1) is 11.5 Å². The summed E-state index contributed by atoms with van der Waals surface area (Å²) >= 11 is 0. The number of aldehydes is 1. The Labute approximate surface area is 87.4 Å². The molecule has 1 atom stereocenters. The van der Waals surface area contributed by atoms with Crippen LogP contribution < -0.4 is 0 Å². The summed E-state index contributed by atoms with van der Waals surface area (Å²) in [7, 11) is -2.85. The van der Waals surface area contributed by atoms with Crippen molar-refractivity contribution < 1.29 is 17.6 Å². The summed E-state index contributed by atoms with van der Waals surface area (Å²) < 4.78 is 27.4. The summed E-state index contributed by atoms with van der Waals surface area (Å²) in [5, 5.41) is 0. The SMILES string of the molecule is O=Cc1coc(CC2CCS(=O)(=O)C2)n1. The predicted octanol–water partition coefficient (Wildman–Crippen LogP) is 0.464. The first kappa shape index (κ1) is 10.4. The maximum Gasteiger partial charge on any atom is 0.194 e. The van der Waals surface area contributed by atoms with Crippen molar-refractivity contribution in [2.24, 2.45) is 5.92 Å². The highest BCUT2D eigenvalue weighted by molar-refractivity contribution is 7.91. The third kappa shape index (κ3) is 2.44. The highest BCUT2D eigenvalue weighted by Crippen LogP contribution is 2.22. The predicted molar refractivity (Wildman–Crippen MR) is 52.4 cm³/mol. The fourth-order valence-corrected chi connectivity index (χ4v) is 3.61. The van der Waals surface area contributed by atoms with Gasteiger partial charge in [0.25, 0.3) is 0 Å². The zero-order valence-corrected chi connectivity index (χ0v) is 8.87. The zero-order valence-electron chi connectivity index (χ0n) is 8.05. The highest BCUT2D eigenvalue weighted by Gasteiger charge is 2.28. The van der Waals surface area contributed by atoms with E-state index in [-0.39, 0.29) is 23.1 Å². The molecule has 0 amide bonds. The van der Waals surface area contributed by atoms with Crippen LogP contribution in [0.3, 0.4) is 0 Å². The van der Waals surface area contributed by atoms with Gasteiger partial charge in [-0.15, -0.1) is 0 Å². The first-order chi connectivity index (χ1) is 7.09. The van der Waals surface area contributed by atoms with Crippen LogP contribution >= 0.6 is 0 Å². The number of carbonyl (C=O) groups excluding carboxylic acids is 1. The molecule has 0 radical (unpaired) electrons. The van der Waals surface area contributed by atoms with Gasteiger partial charge in [0.15, 0.2) is 22.0 Å². The molecule has 1 aromatic rings. The standard InChI is InChI=1S/C9H11NO4S/c11-4-8-5-14-9(10-8)3-7-1-2-15(12,13)6-7/h4-5,7H,1-3,6H2. The van der Waals surface area contributed by atoms with E-state index in [9.17, 15) is 13.2 Å². The van der Waals surface area contributed by atoms with Gasteiger partial charge in [-0.1, -0.05) is 0 Å². The Morgan fingerprint density at radius 2 is 2.40 bits per heavy atom. The van der Waals surface area contributed by atoms with Gasteiger partial charge in [-0.2, -0.15) is 0 Å². The highest BCUT2D eigenvalue weighted by atomic mass is 32.2. The minimum absolute atomic E-state index is 0.0770. The van der Waals surface area contributed by atoms with Crippen LogP contribution in [0.4, 0.5) is 0 Å². The molecule has 2 heterocycles. The molecule has 15 heavy (non-hydrogen) atoms. The third-order valence-corrected chi connectivity index (χ3v) is 4.32. The van der Waals surface area contributed by atoms with Gasteiger partial charge in [-0.3, -0.25) is 4.79 Å². The van der Waals surface area contributed by atoms with Gasteiger partial charge in [0.1, 0.15) is 12.0 Å². The van der Waals surface area contributed by atoms with E-state index in [0.717, 1.165) is 0 Å². The minimum Gasteiger partial charge on any atom is -0.448 e. The average Bonchev–Trinajstić information content (AvgIpc) is 2.73. The van der Waals surface area contributed by atoms with E-state index in [1.54, 1.807) is 0 Å². The van der Waals surface area contributed by atoms with Gasteiger partial charge in [-0.05, 0) is 12.3 Å². The quantitative estimate of drug-likeness (QED) is 0.704. The van der Waals surface area contributed by atoms with Gasteiger partial charge >= 0.3 is 0 Å². The fourth-order valence-electron chi connectivity index (χ4n) is 1.75. The second-order valence-electron chi connectivity index (χ2n) is 3.76. The van der Waals surface area contributed by atoms with Crippen LogP contribution in [0, 0.1) is 5.92 Å². The van der Waals surface area contributed by atoms with Crippen LogP contribution in [-0.2, 0) is 16.3 Å². The Bertz CT molecular complexity index is 462. The Kier molecular flexibility index (Phi) is 2.60.